The van der Waals surface area contributed by atoms with Crippen molar-refractivity contribution in [1.29, 1.82) is 0 Å². The summed E-state index contributed by atoms with van der Waals surface area (Å²) in [6.45, 7) is 9.88. The Balaban J connectivity index is 1.84. The fraction of sp³-hybridized carbons (Fsp3) is 0.296. The molecule has 174 valence electrons. The van der Waals surface area contributed by atoms with E-state index in [1.807, 2.05) is 38.1 Å². The Labute approximate surface area is 197 Å². The predicted molar refractivity (Wildman–Crippen MR) is 134 cm³/mol. The molecule has 1 amide bonds. The normalized spacial score (nSPS) is 12.8. The number of rotatable bonds is 7. The Bertz CT molecular complexity index is 1200. The molecule has 3 aromatic carbocycles. The number of sulfonamides is 1. The number of amides is 1. The van der Waals surface area contributed by atoms with E-state index in [2.05, 4.69) is 38.2 Å². The van der Waals surface area contributed by atoms with Crippen molar-refractivity contribution in [2.24, 2.45) is 0 Å². The van der Waals surface area contributed by atoms with Crippen LogP contribution in [0.5, 0.6) is 0 Å². The van der Waals surface area contributed by atoms with Crippen molar-refractivity contribution >= 4 is 21.6 Å². The largest absolute Gasteiger partial charge is 0.348 e. The lowest BCUT2D eigenvalue weighted by atomic mass is 9.86. The second kappa shape index (κ2) is 9.79. The Hall–Kier alpha value is -3.12. The van der Waals surface area contributed by atoms with Gasteiger partial charge in [-0.3, -0.25) is 9.10 Å². The minimum Gasteiger partial charge on any atom is -0.348 e. The van der Waals surface area contributed by atoms with Crippen molar-refractivity contribution in [3.8, 4) is 0 Å². The van der Waals surface area contributed by atoms with Gasteiger partial charge < -0.3 is 5.32 Å². The lowest BCUT2D eigenvalue weighted by molar-refractivity contribution is -0.120. The number of nitrogens with one attached hydrogen (secondary N) is 1. The Morgan fingerprint density at radius 1 is 0.909 bits per heavy atom. The highest BCUT2D eigenvalue weighted by atomic mass is 32.2. The van der Waals surface area contributed by atoms with Gasteiger partial charge in [0.2, 0.25) is 5.91 Å². The lowest BCUT2D eigenvalue weighted by Gasteiger charge is -2.26. The highest BCUT2D eigenvalue weighted by Crippen LogP contribution is 2.27. The molecule has 33 heavy (non-hydrogen) atoms. The highest BCUT2D eigenvalue weighted by Gasteiger charge is 2.28. The number of para-hydroxylation sites is 1. The van der Waals surface area contributed by atoms with Crippen LogP contribution in [0.2, 0.25) is 0 Å². The van der Waals surface area contributed by atoms with E-state index in [0.29, 0.717) is 5.69 Å². The van der Waals surface area contributed by atoms with Crippen LogP contribution in [0, 0.1) is 6.92 Å². The third-order valence-corrected chi connectivity index (χ3v) is 7.43. The van der Waals surface area contributed by atoms with Gasteiger partial charge in [0.05, 0.1) is 16.6 Å². The summed E-state index contributed by atoms with van der Waals surface area (Å²) in [5.74, 6) is -0.370. The molecule has 0 spiro atoms. The Morgan fingerprint density at radius 2 is 1.48 bits per heavy atom. The fourth-order valence-corrected chi connectivity index (χ4v) is 5.14. The molecule has 0 aliphatic carbocycles. The van der Waals surface area contributed by atoms with Crippen LogP contribution in [-0.2, 0) is 20.2 Å². The maximum absolute atomic E-state index is 13.5. The third kappa shape index (κ3) is 5.82. The van der Waals surface area contributed by atoms with Crippen LogP contribution in [0.15, 0.2) is 83.8 Å². The van der Waals surface area contributed by atoms with Crippen LogP contribution < -0.4 is 9.62 Å². The zero-order valence-corrected chi connectivity index (χ0v) is 20.7. The van der Waals surface area contributed by atoms with Crippen molar-refractivity contribution in [2.45, 2.75) is 51.0 Å². The molecule has 5 nitrogen and oxygen atoms in total. The highest BCUT2D eigenvalue weighted by molar-refractivity contribution is 7.92. The van der Waals surface area contributed by atoms with E-state index in [4.69, 9.17) is 0 Å². The summed E-state index contributed by atoms with van der Waals surface area (Å²) in [7, 11) is -3.92. The minimum atomic E-state index is -3.92. The number of nitrogens with zero attached hydrogens (tertiary/aromatic N) is 1. The first-order chi connectivity index (χ1) is 15.5. The smallest absolute Gasteiger partial charge is 0.264 e. The molecule has 6 heteroatoms. The average molecular weight is 465 g/mol. The summed E-state index contributed by atoms with van der Waals surface area (Å²) in [6.07, 6.45) is 0. The summed E-state index contributed by atoms with van der Waals surface area (Å²) >= 11 is 0. The number of hydrogen-bond acceptors (Lipinski definition) is 3. The molecule has 0 radical (unpaired) electrons. The van der Waals surface area contributed by atoms with Crippen LogP contribution in [0.25, 0.3) is 0 Å². The van der Waals surface area contributed by atoms with Crippen molar-refractivity contribution in [2.75, 3.05) is 10.8 Å². The van der Waals surface area contributed by atoms with Gasteiger partial charge in [0.15, 0.2) is 0 Å². The molecule has 1 N–H and O–H groups in total. The van der Waals surface area contributed by atoms with Gasteiger partial charge in [0.1, 0.15) is 6.54 Å². The van der Waals surface area contributed by atoms with E-state index >= 15 is 0 Å². The van der Waals surface area contributed by atoms with Gasteiger partial charge in [-0.15, -0.1) is 0 Å². The molecule has 0 unspecified atom stereocenters. The first kappa shape index (κ1) is 24.5. The summed E-state index contributed by atoms with van der Waals surface area (Å²) < 4.78 is 28.1. The van der Waals surface area contributed by atoms with E-state index in [1.54, 1.807) is 30.3 Å². The van der Waals surface area contributed by atoms with Crippen molar-refractivity contribution in [3.05, 3.63) is 95.6 Å². The van der Waals surface area contributed by atoms with Gasteiger partial charge >= 0.3 is 0 Å². The molecule has 0 aliphatic rings. The molecule has 1 atom stereocenters. The maximum atomic E-state index is 13.5. The topological polar surface area (TPSA) is 66.5 Å². The molecule has 0 fully saturated rings. The second-order valence-electron chi connectivity index (χ2n) is 9.27. The van der Waals surface area contributed by atoms with Gasteiger partial charge in [0, 0.05) is 0 Å². The zero-order chi connectivity index (χ0) is 24.2. The molecule has 0 aromatic heterocycles. The van der Waals surface area contributed by atoms with E-state index in [9.17, 15) is 13.2 Å². The molecular weight excluding hydrogens is 432 g/mol. The number of aryl methyl sites for hydroxylation is 1. The second-order valence-corrected chi connectivity index (χ2v) is 11.1. The van der Waals surface area contributed by atoms with Crippen LogP contribution in [0.1, 0.15) is 50.4 Å². The van der Waals surface area contributed by atoms with Crippen LogP contribution in [-0.4, -0.2) is 20.9 Å². The first-order valence-electron chi connectivity index (χ1n) is 11.0. The molecule has 3 aromatic rings. The molecule has 0 bridgehead atoms. The zero-order valence-electron chi connectivity index (χ0n) is 19.9. The summed E-state index contributed by atoms with van der Waals surface area (Å²) in [5, 5.41) is 2.95. The predicted octanol–water partition coefficient (Wildman–Crippen LogP) is 5.37. The van der Waals surface area contributed by atoms with Crippen LogP contribution in [0.4, 0.5) is 5.69 Å². The molecule has 0 saturated heterocycles. The quantitative estimate of drug-likeness (QED) is 0.511. The number of benzene rings is 3. The van der Waals surface area contributed by atoms with E-state index < -0.39 is 10.0 Å². The van der Waals surface area contributed by atoms with Gasteiger partial charge in [-0.05, 0) is 54.2 Å². The molecule has 0 aliphatic heterocycles. The number of anilines is 1. The minimum absolute atomic E-state index is 0.0465. The van der Waals surface area contributed by atoms with Gasteiger partial charge in [0.25, 0.3) is 10.0 Å². The summed E-state index contributed by atoms with van der Waals surface area (Å²) in [4.78, 5) is 13.2. The monoisotopic (exact) mass is 464 g/mol. The molecular formula is C27H32N2O3S. The van der Waals surface area contributed by atoms with Crippen molar-refractivity contribution in [3.63, 3.8) is 0 Å². The van der Waals surface area contributed by atoms with Gasteiger partial charge in [-0.2, -0.15) is 0 Å². The van der Waals surface area contributed by atoms with E-state index in [0.717, 1.165) is 11.1 Å². The fourth-order valence-electron chi connectivity index (χ4n) is 3.64. The Morgan fingerprint density at radius 3 is 2.06 bits per heavy atom. The molecule has 0 saturated carbocycles. The summed E-state index contributed by atoms with van der Waals surface area (Å²) in [6, 6.07) is 23.2. The number of carbonyl (C=O) groups excluding carboxylic acids is 1. The van der Waals surface area contributed by atoms with E-state index in [1.165, 1.54) is 22.0 Å². The van der Waals surface area contributed by atoms with Crippen LogP contribution >= 0.6 is 0 Å². The van der Waals surface area contributed by atoms with Crippen molar-refractivity contribution in [1.82, 2.24) is 5.32 Å². The lowest BCUT2D eigenvalue weighted by Crippen LogP contribution is -2.41. The van der Waals surface area contributed by atoms with Gasteiger partial charge in [-0.25, -0.2) is 8.42 Å². The Kier molecular flexibility index (Phi) is 7.28. The number of hydrogen-bond donors (Lipinski definition) is 1. The third-order valence-electron chi connectivity index (χ3n) is 5.66. The molecule has 3 rings (SSSR count). The van der Waals surface area contributed by atoms with Crippen molar-refractivity contribution < 1.29 is 13.2 Å². The standard InChI is InChI=1S/C27H32N2O3S/c1-20-11-9-10-14-25(20)29(33(31,32)24-12-7-6-8-13-24)19-26(30)28-21(2)22-15-17-23(18-16-22)27(3,4)5/h6-18,21H,19H2,1-5H3,(H,28,30)/t21-/m1/s1. The number of carbonyl (C=O) groups is 1. The van der Waals surface area contributed by atoms with Gasteiger partial charge in [-0.1, -0.05) is 81.4 Å². The maximum Gasteiger partial charge on any atom is 0.264 e. The first-order valence-corrected chi connectivity index (χ1v) is 12.5. The SMILES string of the molecule is Cc1ccccc1N(CC(=O)N[C@H](C)c1ccc(C(C)(C)C)cc1)S(=O)(=O)c1ccccc1. The summed E-state index contributed by atoms with van der Waals surface area (Å²) in [5.41, 5.74) is 3.48. The van der Waals surface area contributed by atoms with E-state index in [-0.39, 0.29) is 28.8 Å². The molecule has 0 heterocycles. The van der Waals surface area contributed by atoms with Crippen LogP contribution in [0.3, 0.4) is 0 Å². The average Bonchev–Trinajstić information content (AvgIpc) is 2.78.